The highest BCUT2D eigenvalue weighted by molar-refractivity contribution is 5.89. The Morgan fingerprint density at radius 2 is 2.08 bits per heavy atom. The Hall–Kier alpha value is -1.55. The van der Waals surface area contributed by atoms with E-state index in [9.17, 15) is 4.79 Å². The minimum Gasteiger partial charge on any atom is -0.465 e. The summed E-state index contributed by atoms with van der Waals surface area (Å²) in [6.45, 7) is 0.373. The first-order valence-electron chi connectivity index (χ1n) is 3.90. The van der Waals surface area contributed by atoms with Crippen molar-refractivity contribution in [2.24, 2.45) is 5.73 Å². The Bertz CT molecular complexity index is 282. The van der Waals surface area contributed by atoms with E-state index in [1.165, 1.54) is 7.11 Å². The van der Waals surface area contributed by atoms with Crippen molar-refractivity contribution in [3.05, 3.63) is 29.8 Å². The Morgan fingerprint density at radius 3 is 2.54 bits per heavy atom. The van der Waals surface area contributed by atoms with Crippen LogP contribution < -0.4 is 11.1 Å². The highest BCUT2D eigenvalue weighted by Gasteiger charge is 2.03. The molecule has 0 saturated heterocycles. The summed E-state index contributed by atoms with van der Waals surface area (Å²) in [5.41, 5.74) is 6.70. The molecule has 0 amide bonds. The number of esters is 1. The van der Waals surface area contributed by atoms with Gasteiger partial charge in [-0.25, -0.2) is 4.79 Å². The monoisotopic (exact) mass is 180 g/mol. The van der Waals surface area contributed by atoms with Gasteiger partial charge in [0.2, 0.25) is 0 Å². The Labute approximate surface area is 76.7 Å². The third-order valence-electron chi connectivity index (χ3n) is 1.61. The molecule has 0 bridgehead atoms. The van der Waals surface area contributed by atoms with Gasteiger partial charge in [-0.1, -0.05) is 0 Å². The molecule has 0 unspecified atom stereocenters. The van der Waals surface area contributed by atoms with Gasteiger partial charge in [0.1, 0.15) is 0 Å². The third-order valence-corrected chi connectivity index (χ3v) is 1.61. The number of ether oxygens (including phenoxy) is 1. The zero-order valence-electron chi connectivity index (χ0n) is 7.41. The zero-order chi connectivity index (χ0) is 9.68. The fraction of sp³-hybridized carbons (Fsp3) is 0.222. The number of rotatable bonds is 3. The molecule has 0 heterocycles. The third kappa shape index (κ3) is 2.45. The minimum absolute atomic E-state index is 0.334. The van der Waals surface area contributed by atoms with Crippen LogP contribution in [0.4, 0.5) is 5.69 Å². The number of nitrogens with two attached hydrogens (primary N) is 1. The molecular weight excluding hydrogens is 168 g/mol. The number of benzene rings is 1. The molecule has 0 atom stereocenters. The lowest BCUT2D eigenvalue weighted by Gasteiger charge is -2.03. The summed E-state index contributed by atoms with van der Waals surface area (Å²) in [7, 11) is 1.36. The van der Waals surface area contributed by atoms with E-state index in [0.717, 1.165) is 5.69 Å². The first-order valence-corrected chi connectivity index (χ1v) is 3.90. The van der Waals surface area contributed by atoms with Crippen LogP contribution in [0, 0.1) is 0 Å². The first-order chi connectivity index (χ1) is 6.27. The average molecular weight is 180 g/mol. The van der Waals surface area contributed by atoms with Crippen LogP contribution in [0.2, 0.25) is 0 Å². The molecule has 4 heteroatoms. The molecule has 0 aliphatic rings. The van der Waals surface area contributed by atoms with Gasteiger partial charge >= 0.3 is 5.97 Å². The Balaban J connectivity index is 2.75. The van der Waals surface area contributed by atoms with Crippen LogP contribution in [-0.4, -0.2) is 19.7 Å². The maximum atomic E-state index is 11.0. The highest BCUT2D eigenvalue weighted by atomic mass is 16.5. The first kappa shape index (κ1) is 9.54. The van der Waals surface area contributed by atoms with Crippen molar-refractivity contribution >= 4 is 11.7 Å². The lowest BCUT2D eigenvalue weighted by molar-refractivity contribution is 0.0601. The molecule has 0 saturated carbocycles. The van der Waals surface area contributed by atoms with E-state index in [2.05, 4.69) is 10.1 Å². The van der Waals surface area contributed by atoms with Gasteiger partial charge in [-0.3, -0.25) is 0 Å². The van der Waals surface area contributed by atoms with Crippen LogP contribution in [-0.2, 0) is 4.74 Å². The molecule has 0 aliphatic heterocycles. The number of carbonyl (C=O) groups is 1. The predicted octanol–water partition coefficient (Wildman–Crippen LogP) is 0.801. The van der Waals surface area contributed by atoms with E-state index in [1.54, 1.807) is 24.3 Å². The van der Waals surface area contributed by atoms with Crippen molar-refractivity contribution in [2.45, 2.75) is 0 Å². The molecule has 1 aromatic carbocycles. The topological polar surface area (TPSA) is 64.3 Å². The second-order valence-corrected chi connectivity index (χ2v) is 2.45. The molecule has 0 aliphatic carbocycles. The van der Waals surface area contributed by atoms with Crippen LogP contribution >= 0.6 is 0 Å². The molecule has 4 nitrogen and oxygen atoms in total. The summed E-state index contributed by atoms with van der Waals surface area (Å²) in [6.07, 6.45) is 0. The molecule has 0 spiro atoms. The molecule has 13 heavy (non-hydrogen) atoms. The number of anilines is 1. The van der Waals surface area contributed by atoms with E-state index in [-0.39, 0.29) is 5.97 Å². The van der Waals surface area contributed by atoms with E-state index >= 15 is 0 Å². The van der Waals surface area contributed by atoms with Gasteiger partial charge in [0.25, 0.3) is 0 Å². The molecular formula is C9H12N2O2. The highest BCUT2D eigenvalue weighted by Crippen LogP contribution is 2.09. The van der Waals surface area contributed by atoms with Gasteiger partial charge in [-0.2, -0.15) is 0 Å². The molecule has 1 aromatic rings. The van der Waals surface area contributed by atoms with Crippen LogP contribution in [0.3, 0.4) is 0 Å². The predicted molar refractivity (Wildman–Crippen MR) is 50.5 cm³/mol. The van der Waals surface area contributed by atoms with Gasteiger partial charge < -0.3 is 15.8 Å². The van der Waals surface area contributed by atoms with Crippen molar-refractivity contribution < 1.29 is 9.53 Å². The van der Waals surface area contributed by atoms with Gasteiger partial charge in [0.15, 0.2) is 0 Å². The molecule has 70 valence electrons. The maximum Gasteiger partial charge on any atom is 0.337 e. The second-order valence-electron chi connectivity index (χ2n) is 2.45. The van der Waals surface area contributed by atoms with Crippen molar-refractivity contribution in [3.63, 3.8) is 0 Å². The second kappa shape index (κ2) is 4.47. The van der Waals surface area contributed by atoms with Crippen LogP contribution in [0.1, 0.15) is 10.4 Å². The fourth-order valence-electron chi connectivity index (χ4n) is 0.960. The van der Waals surface area contributed by atoms with Crippen molar-refractivity contribution in [3.8, 4) is 0 Å². The van der Waals surface area contributed by atoms with E-state index in [0.29, 0.717) is 12.2 Å². The van der Waals surface area contributed by atoms with Crippen LogP contribution in [0.25, 0.3) is 0 Å². The standard InChI is InChI=1S/C9H12N2O2/c1-13-9(12)7-2-4-8(5-3-7)11-6-10/h2-5,11H,6,10H2,1H3. The number of nitrogens with one attached hydrogen (secondary N) is 1. The van der Waals surface area contributed by atoms with Gasteiger partial charge in [-0.15, -0.1) is 0 Å². The van der Waals surface area contributed by atoms with E-state index in [4.69, 9.17) is 5.73 Å². The lowest BCUT2D eigenvalue weighted by atomic mass is 10.2. The van der Waals surface area contributed by atoms with E-state index < -0.39 is 0 Å². The maximum absolute atomic E-state index is 11.0. The summed E-state index contributed by atoms with van der Waals surface area (Å²) in [6, 6.07) is 6.92. The Kier molecular flexibility index (Phi) is 3.28. The van der Waals surface area contributed by atoms with Crippen molar-refractivity contribution in [1.82, 2.24) is 0 Å². The zero-order valence-corrected chi connectivity index (χ0v) is 7.41. The average Bonchev–Trinajstić information content (AvgIpc) is 2.18. The molecule has 3 N–H and O–H groups in total. The quantitative estimate of drug-likeness (QED) is 0.533. The summed E-state index contributed by atoms with van der Waals surface area (Å²) >= 11 is 0. The van der Waals surface area contributed by atoms with Crippen molar-refractivity contribution in [2.75, 3.05) is 19.1 Å². The minimum atomic E-state index is -0.334. The number of hydrogen-bond donors (Lipinski definition) is 2. The lowest BCUT2D eigenvalue weighted by Crippen LogP contribution is -2.10. The van der Waals surface area contributed by atoms with Gasteiger partial charge in [0, 0.05) is 5.69 Å². The SMILES string of the molecule is COC(=O)c1ccc(NCN)cc1. The van der Waals surface area contributed by atoms with Crippen LogP contribution in [0.5, 0.6) is 0 Å². The summed E-state index contributed by atoms with van der Waals surface area (Å²) in [5, 5.41) is 2.92. The van der Waals surface area contributed by atoms with Crippen LogP contribution in [0.15, 0.2) is 24.3 Å². The summed E-state index contributed by atoms with van der Waals surface area (Å²) in [4.78, 5) is 11.0. The van der Waals surface area contributed by atoms with Gasteiger partial charge in [-0.05, 0) is 24.3 Å². The number of methoxy groups -OCH3 is 1. The molecule has 1 rings (SSSR count). The summed E-state index contributed by atoms with van der Waals surface area (Å²) < 4.78 is 4.55. The fourth-order valence-corrected chi connectivity index (χ4v) is 0.960. The number of hydrogen-bond acceptors (Lipinski definition) is 4. The number of carbonyl (C=O) groups excluding carboxylic acids is 1. The smallest absolute Gasteiger partial charge is 0.337 e. The molecule has 0 aromatic heterocycles. The van der Waals surface area contributed by atoms with E-state index in [1.807, 2.05) is 0 Å². The normalized spacial score (nSPS) is 9.38. The largest absolute Gasteiger partial charge is 0.465 e. The molecule has 0 fully saturated rings. The van der Waals surface area contributed by atoms with Gasteiger partial charge in [0.05, 0.1) is 19.3 Å². The van der Waals surface area contributed by atoms with Crippen molar-refractivity contribution in [1.29, 1.82) is 0 Å². The molecule has 0 radical (unpaired) electrons. The summed E-state index contributed by atoms with van der Waals surface area (Å²) in [5.74, 6) is -0.334. The Morgan fingerprint density at radius 1 is 1.46 bits per heavy atom.